The molecule has 1 amide bonds. The molecule has 0 N–H and O–H groups in total. The van der Waals surface area contributed by atoms with Gasteiger partial charge in [-0.2, -0.15) is 0 Å². The predicted octanol–water partition coefficient (Wildman–Crippen LogP) is 4.44. The van der Waals surface area contributed by atoms with E-state index in [1.54, 1.807) is 19.2 Å². The van der Waals surface area contributed by atoms with Crippen molar-refractivity contribution in [1.82, 2.24) is 9.80 Å². The molecule has 0 saturated carbocycles. The van der Waals surface area contributed by atoms with Crippen molar-refractivity contribution >= 4 is 5.91 Å². The van der Waals surface area contributed by atoms with Crippen molar-refractivity contribution in [2.24, 2.45) is 5.92 Å². The first-order chi connectivity index (χ1) is 16.9. The molecule has 1 fully saturated rings. The maximum atomic E-state index is 14.4. The highest BCUT2D eigenvalue weighted by molar-refractivity contribution is 5.81. The van der Waals surface area contributed by atoms with Crippen LogP contribution in [0.1, 0.15) is 43.4 Å². The molecule has 2 heterocycles. The number of methoxy groups -OCH3 is 1. The van der Waals surface area contributed by atoms with E-state index in [0.29, 0.717) is 56.6 Å². The third kappa shape index (κ3) is 6.73. The fourth-order valence-electron chi connectivity index (χ4n) is 4.77. The molecule has 7 heteroatoms. The van der Waals surface area contributed by atoms with E-state index in [2.05, 4.69) is 36.9 Å². The van der Waals surface area contributed by atoms with Crippen LogP contribution in [0.5, 0.6) is 11.5 Å². The van der Waals surface area contributed by atoms with Crippen LogP contribution in [0.2, 0.25) is 0 Å². The smallest absolute Gasteiger partial charge is 0.253 e. The lowest BCUT2D eigenvalue weighted by atomic mass is 10.0. The van der Waals surface area contributed by atoms with E-state index in [1.165, 1.54) is 11.6 Å². The molecule has 35 heavy (non-hydrogen) atoms. The summed E-state index contributed by atoms with van der Waals surface area (Å²) in [5, 5.41) is 0. The van der Waals surface area contributed by atoms with Gasteiger partial charge in [-0.15, -0.1) is 0 Å². The van der Waals surface area contributed by atoms with Gasteiger partial charge in [-0.1, -0.05) is 26.0 Å². The first kappa shape index (κ1) is 25.5. The van der Waals surface area contributed by atoms with Crippen LogP contribution < -0.4 is 9.47 Å². The number of morpholine rings is 1. The van der Waals surface area contributed by atoms with Gasteiger partial charge in [0, 0.05) is 38.3 Å². The molecule has 2 aliphatic rings. The fraction of sp³-hybridized carbons (Fsp3) is 0.536. The summed E-state index contributed by atoms with van der Waals surface area (Å²) in [7, 11) is 1.57. The summed E-state index contributed by atoms with van der Waals surface area (Å²) >= 11 is 0. The Labute approximate surface area is 208 Å². The van der Waals surface area contributed by atoms with Gasteiger partial charge in [-0.25, -0.2) is 4.39 Å². The third-order valence-electron chi connectivity index (χ3n) is 6.57. The number of hydrogen-bond acceptors (Lipinski definition) is 5. The topological polar surface area (TPSA) is 51.2 Å². The summed E-state index contributed by atoms with van der Waals surface area (Å²) in [6.07, 6.45) is 2.66. The van der Waals surface area contributed by atoms with Crippen molar-refractivity contribution < 1.29 is 23.4 Å². The third-order valence-corrected chi connectivity index (χ3v) is 6.57. The van der Waals surface area contributed by atoms with Crippen molar-refractivity contribution in [3.05, 3.63) is 58.9 Å². The van der Waals surface area contributed by atoms with Gasteiger partial charge in [0.25, 0.3) is 5.91 Å². The van der Waals surface area contributed by atoms with Crippen LogP contribution in [0.15, 0.2) is 36.4 Å². The summed E-state index contributed by atoms with van der Waals surface area (Å²) in [4.78, 5) is 17.6. The zero-order valence-electron chi connectivity index (χ0n) is 21.1. The lowest BCUT2D eigenvalue weighted by Crippen LogP contribution is -2.51. The standard InChI is InChI=1S/C28H37FN2O4/c1-20(2)16-31(17-21-7-8-22-6-4-5-12-34-26(22)14-21)28(32)27-19-30(11-13-35-27)18-23-15-24(33-3)9-10-25(23)29/h7-10,14-15,20,27H,4-6,11-13,16-19H2,1-3H3/t27-/m1/s1. The Hall–Kier alpha value is -2.64. The Morgan fingerprint density at radius 1 is 1.20 bits per heavy atom. The number of benzene rings is 2. The maximum Gasteiger partial charge on any atom is 0.253 e. The van der Waals surface area contributed by atoms with E-state index in [0.717, 1.165) is 37.2 Å². The number of amides is 1. The highest BCUT2D eigenvalue weighted by Crippen LogP contribution is 2.27. The largest absolute Gasteiger partial charge is 0.497 e. The zero-order valence-corrected chi connectivity index (χ0v) is 21.1. The predicted molar refractivity (Wildman–Crippen MR) is 133 cm³/mol. The normalized spacial score (nSPS) is 18.5. The van der Waals surface area contributed by atoms with Crippen molar-refractivity contribution in [2.45, 2.75) is 52.3 Å². The van der Waals surface area contributed by atoms with Crippen molar-refractivity contribution in [3.8, 4) is 11.5 Å². The number of carbonyl (C=O) groups is 1. The zero-order chi connectivity index (χ0) is 24.8. The van der Waals surface area contributed by atoms with Crippen LogP contribution in [0.25, 0.3) is 0 Å². The molecule has 2 aliphatic heterocycles. The van der Waals surface area contributed by atoms with Gasteiger partial charge in [-0.3, -0.25) is 9.69 Å². The second kappa shape index (κ2) is 11.9. The van der Waals surface area contributed by atoms with Gasteiger partial charge in [0.05, 0.1) is 20.3 Å². The lowest BCUT2D eigenvalue weighted by molar-refractivity contribution is -0.151. The number of carbonyl (C=O) groups excluding carboxylic acids is 1. The molecule has 2 aromatic rings. The Morgan fingerprint density at radius 3 is 2.86 bits per heavy atom. The molecule has 0 spiro atoms. The van der Waals surface area contributed by atoms with Gasteiger partial charge in [-0.05, 0) is 60.6 Å². The molecule has 1 saturated heterocycles. The van der Waals surface area contributed by atoms with E-state index in [4.69, 9.17) is 14.2 Å². The number of ether oxygens (including phenoxy) is 3. The Kier molecular flexibility index (Phi) is 8.63. The molecule has 1 atom stereocenters. The number of fused-ring (bicyclic) bond motifs is 1. The lowest BCUT2D eigenvalue weighted by Gasteiger charge is -2.35. The van der Waals surface area contributed by atoms with Crippen LogP contribution in [0, 0.1) is 11.7 Å². The van der Waals surface area contributed by atoms with Gasteiger partial charge < -0.3 is 19.1 Å². The fourth-order valence-corrected chi connectivity index (χ4v) is 4.77. The minimum absolute atomic E-state index is 0.0228. The SMILES string of the molecule is COc1ccc(F)c(CN2CCO[C@@H](C(=O)N(Cc3ccc4c(c3)OCCCC4)CC(C)C)C2)c1. The first-order valence-electron chi connectivity index (χ1n) is 12.6. The molecule has 0 aromatic heterocycles. The number of nitrogens with zero attached hydrogens (tertiary/aromatic N) is 2. The van der Waals surface area contributed by atoms with E-state index in [1.807, 2.05) is 4.90 Å². The molecule has 0 bridgehead atoms. The highest BCUT2D eigenvalue weighted by atomic mass is 19.1. The van der Waals surface area contributed by atoms with Crippen LogP contribution >= 0.6 is 0 Å². The molecule has 4 rings (SSSR count). The Morgan fingerprint density at radius 2 is 2.06 bits per heavy atom. The summed E-state index contributed by atoms with van der Waals surface area (Å²) in [6, 6.07) is 11.1. The molecule has 6 nitrogen and oxygen atoms in total. The maximum absolute atomic E-state index is 14.4. The molecular formula is C28H37FN2O4. The number of halogens is 1. The van der Waals surface area contributed by atoms with E-state index in [-0.39, 0.29) is 11.7 Å². The molecular weight excluding hydrogens is 447 g/mol. The number of hydrogen-bond donors (Lipinski definition) is 0. The highest BCUT2D eigenvalue weighted by Gasteiger charge is 2.31. The van der Waals surface area contributed by atoms with Gasteiger partial charge in [0.15, 0.2) is 0 Å². The monoisotopic (exact) mass is 484 g/mol. The van der Waals surface area contributed by atoms with Crippen LogP contribution in [0.3, 0.4) is 0 Å². The average Bonchev–Trinajstić information content (AvgIpc) is 3.09. The van der Waals surface area contributed by atoms with Crippen molar-refractivity contribution in [2.75, 3.05) is 40.0 Å². The van der Waals surface area contributed by atoms with E-state index >= 15 is 0 Å². The summed E-state index contributed by atoms with van der Waals surface area (Å²) in [5.74, 6) is 1.59. The van der Waals surface area contributed by atoms with Gasteiger partial charge in [0.1, 0.15) is 23.4 Å². The molecule has 0 unspecified atom stereocenters. The minimum atomic E-state index is -0.576. The van der Waals surface area contributed by atoms with Gasteiger partial charge >= 0.3 is 0 Å². The second-order valence-electron chi connectivity index (χ2n) is 9.91. The van der Waals surface area contributed by atoms with Crippen LogP contribution in [-0.2, 0) is 29.0 Å². The Balaban J connectivity index is 1.45. The second-order valence-corrected chi connectivity index (χ2v) is 9.91. The van der Waals surface area contributed by atoms with Crippen LogP contribution in [0.4, 0.5) is 4.39 Å². The quantitative estimate of drug-likeness (QED) is 0.555. The number of rotatable bonds is 8. The van der Waals surface area contributed by atoms with E-state index in [9.17, 15) is 9.18 Å². The van der Waals surface area contributed by atoms with Crippen molar-refractivity contribution in [3.63, 3.8) is 0 Å². The summed E-state index contributed by atoms with van der Waals surface area (Å²) in [5.41, 5.74) is 2.86. The van der Waals surface area contributed by atoms with E-state index < -0.39 is 6.10 Å². The molecule has 2 aromatic carbocycles. The first-order valence-corrected chi connectivity index (χ1v) is 12.6. The minimum Gasteiger partial charge on any atom is -0.497 e. The van der Waals surface area contributed by atoms with Crippen molar-refractivity contribution in [1.29, 1.82) is 0 Å². The Bertz CT molecular complexity index is 1010. The molecule has 0 radical (unpaired) electrons. The molecule has 0 aliphatic carbocycles. The summed E-state index contributed by atoms with van der Waals surface area (Å²) in [6.45, 7) is 8.03. The molecule has 190 valence electrons. The summed E-state index contributed by atoms with van der Waals surface area (Å²) < 4.78 is 31.5. The van der Waals surface area contributed by atoms with Crippen LogP contribution in [-0.4, -0.2) is 61.8 Å². The average molecular weight is 485 g/mol. The number of aryl methyl sites for hydroxylation is 1. The van der Waals surface area contributed by atoms with Gasteiger partial charge in [0.2, 0.25) is 0 Å².